The predicted octanol–water partition coefficient (Wildman–Crippen LogP) is 2.12. The number of rotatable bonds is 8. The number of hydrogen-bond donors (Lipinski definition) is 3. The van der Waals surface area contributed by atoms with Gasteiger partial charge in [-0.25, -0.2) is 9.97 Å². The van der Waals surface area contributed by atoms with Crippen molar-refractivity contribution in [3.63, 3.8) is 0 Å². The zero-order chi connectivity index (χ0) is 13.4. The zero-order valence-electron chi connectivity index (χ0n) is 11.5. The van der Waals surface area contributed by atoms with Gasteiger partial charge in [0.05, 0.1) is 6.10 Å². The Morgan fingerprint density at radius 2 is 1.89 bits per heavy atom. The SMILES string of the molecule is CCCNc1cc(NCC(O)CC(C)C)ncn1. The average molecular weight is 252 g/mol. The fraction of sp³-hybridized carbons (Fsp3) is 0.692. The predicted molar refractivity (Wildman–Crippen MR) is 74.8 cm³/mol. The number of aliphatic hydroxyl groups excluding tert-OH is 1. The van der Waals surface area contributed by atoms with E-state index >= 15 is 0 Å². The molecule has 0 aliphatic heterocycles. The van der Waals surface area contributed by atoms with Gasteiger partial charge in [0.15, 0.2) is 0 Å². The first-order valence-corrected chi connectivity index (χ1v) is 6.59. The molecule has 5 heteroatoms. The van der Waals surface area contributed by atoms with E-state index in [1.165, 1.54) is 6.33 Å². The quantitative estimate of drug-likeness (QED) is 0.661. The zero-order valence-corrected chi connectivity index (χ0v) is 11.5. The van der Waals surface area contributed by atoms with Crippen LogP contribution in [0.4, 0.5) is 11.6 Å². The molecule has 0 saturated heterocycles. The molecule has 1 rings (SSSR count). The number of hydrogen-bond acceptors (Lipinski definition) is 5. The van der Waals surface area contributed by atoms with Gasteiger partial charge in [-0.1, -0.05) is 20.8 Å². The summed E-state index contributed by atoms with van der Waals surface area (Å²) in [6.07, 6.45) is 3.03. The Bertz CT molecular complexity index is 344. The summed E-state index contributed by atoms with van der Waals surface area (Å²) in [6, 6.07) is 1.86. The van der Waals surface area contributed by atoms with E-state index in [-0.39, 0.29) is 6.10 Å². The Balaban J connectivity index is 2.41. The molecule has 0 saturated carbocycles. The lowest BCUT2D eigenvalue weighted by Crippen LogP contribution is -2.21. The van der Waals surface area contributed by atoms with Crippen LogP contribution in [0.15, 0.2) is 12.4 Å². The van der Waals surface area contributed by atoms with Crippen molar-refractivity contribution in [2.45, 2.75) is 39.7 Å². The van der Waals surface area contributed by atoms with Crippen molar-refractivity contribution in [1.29, 1.82) is 0 Å². The molecule has 1 heterocycles. The number of aliphatic hydroxyl groups is 1. The van der Waals surface area contributed by atoms with Crippen molar-refractivity contribution in [3.8, 4) is 0 Å². The molecule has 0 amide bonds. The summed E-state index contributed by atoms with van der Waals surface area (Å²) in [5, 5.41) is 16.1. The topological polar surface area (TPSA) is 70.1 Å². The first-order chi connectivity index (χ1) is 8.61. The Morgan fingerprint density at radius 1 is 1.22 bits per heavy atom. The first-order valence-electron chi connectivity index (χ1n) is 6.59. The summed E-state index contributed by atoms with van der Waals surface area (Å²) in [7, 11) is 0. The van der Waals surface area contributed by atoms with Crippen LogP contribution in [-0.4, -0.2) is 34.3 Å². The van der Waals surface area contributed by atoms with Crippen LogP contribution in [0.2, 0.25) is 0 Å². The molecule has 102 valence electrons. The molecular weight excluding hydrogens is 228 g/mol. The lowest BCUT2D eigenvalue weighted by atomic mass is 10.1. The Hall–Kier alpha value is -1.36. The third-order valence-corrected chi connectivity index (χ3v) is 2.49. The summed E-state index contributed by atoms with van der Waals surface area (Å²) in [6.45, 7) is 7.71. The molecule has 0 bridgehead atoms. The Morgan fingerprint density at radius 3 is 2.50 bits per heavy atom. The van der Waals surface area contributed by atoms with E-state index in [1.807, 2.05) is 6.07 Å². The maximum Gasteiger partial charge on any atom is 0.131 e. The molecule has 1 atom stereocenters. The van der Waals surface area contributed by atoms with Crippen molar-refractivity contribution < 1.29 is 5.11 Å². The number of aromatic nitrogens is 2. The molecule has 1 unspecified atom stereocenters. The highest BCUT2D eigenvalue weighted by Gasteiger charge is 2.07. The van der Waals surface area contributed by atoms with E-state index in [1.54, 1.807) is 0 Å². The smallest absolute Gasteiger partial charge is 0.131 e. The third kappa shape index (κ3) is 5.82. The molecule has 0 aliphatic rings. The lowest BCUT2D eigenvalue weighted by molar-refractivity contribution is 0.161. The molecule has 0 fully saturated rings. The second-order valence-corrected chi connectivity index (χ2v) is 4.88. The maximum atomic E-state index is 9.77. The molecule has 0 aliphatic carbocycles. The number of nitrogens with zero attached hydrogens (tertiary/aromatic N) is 2. The lowest BCUT2D eigenvalue weighted by Gasteiger charge is -2.14. The van der Waals surface area contributed by atoms with E-state index in [9.17, 15) is 5.11 Å². The molecule has 0 radical (unpaired) electrons. The van der Waals surface area contributed by atoms with Crippen molar-refractivity contribution >= 4 is 11.6 Å². The van der Waals surface area contributed by atoms with E-state index in [0.29, 0.717) is 12.5 Å². The van der Waals surface area contributed by atoms with E-state index in [0.717, 1.165) is 31.0 Å². The van der Waals surface area contributed by atoms with Crippen LogP contribution in [0.5, 0.6) is 0 Å². The highest BCUT2D eigenvalue weighted by molar-refractivity contribution is 5.46. The Labute approximate surface area is 109 Å². The van der Waals surface area contributed by atoms with Crippen molar-refractivity contribution in [2.24, 2.45) is 5.92 Å². The van der Waals surface area contributed by atoms with E-state index < -0.39 is 0 Å². The average Bonchev–Trinajstić information content (AvgIpc) is 2.33. The largest absolute Gasteiger partial charge is 0.391 e. The van der Waals surface area contributed by atoms with Crippen molar-refractivity contribution in [2.75, 3.05) is 23.7 Å². The van der Waals surface area contributed by atoms with Gasteiger partial charge in [-0.05, 0) is 18.8 Å². The molecular formula is C13H24N4O. The molecule has 0 aromatic carbocycles. The molecule has 0 spiro atoms. The highest BCUT2D eigenvalue weighted by atomic mass is 16.3. The van der Waals surface area contributed by atoms with E-state index in [2.05, 4.69) is 41.4 Å². The van der Waals surface area contributed by atoms with Gasteiger partial charge >= 0.3 is 0 Å². The van der Waals surface area contributed by atoms with Crippen molar-refractivity contribution in [1.82, 2.24) is 9.97 Å². The normalized spacial score (nSPS) is 12.5. The van der Waals surface area contributed by atoms with Gasteiger partial charge in [0.2, 0.25) is 0 Å². The third-order valence-electron chi connectivity index (χ3n) is 2.49. The van der Waals surface area contributed by atoms with Crippen LogP contribution in [-0.2, 0) is 0 Å². The molecule has 1 aromatic rings. The minimum absolute atomic E-state index is 0.341. The van der Waals surface area contributed by atoms with Gasteiger partial charge in [-0.15, -0.1) is 0 Å². The summed E-state index contributed by atoms with van der Waals surface area (Å²) >= 11 is 0. The van der Waals surface area contributed by atoms with Crippen LogP contribution in [0.3, 0.4) is 0 Å². The summed E-state index contributed by atoms with van der Waals surface area (Å²) in [5.41, 5.74) is 0. The van der Waals surface area contributed by atoms with E-state index in [4.69, 9.17) is 0 Å². The van der Waals surface area contributed by atoms with Gasteiger partial charge in [-0.3, -0.25) is 0 Å². The molecule has 1 aromatic heterocycles. The minimum atomic E-state index is -0.341. The summed E-state index contributed by atoms with van der Waals surface area (Å²) in [4.78, 5) is 8.25. The highest BCUT2D eigenvalue weighted by Crippen LogP contribution is 2.10. The first kappa shape index (κ1) is 14.7. The Kier molecular flexibility index (Phi) is 6.43. The number of nitrogens with one attached hydrogen (secondary N) is 2. The van der Waals surface area contributed by atoms with Crippen LogP contribution < -0.4 is 10.6 Å². The van der Waals surface area contributed by atoms with Crippen molar-refractivity contribution in [3.05, 3.63) is 12.4 Å². The standard InChI is InChI=1S/C13H24N4O/c1-4-5-14-12-7-13(17-9-16-12)15-8-11(18)6-10(2)3/h7,9-11,18H,4-6,8H2,1-3H3,(H2,14,15,16,17). The van der Waals surface area contributed by atoms with Gasteiger partial charge in [0.25, 0.3) is 0 Å². The summed E-state index contributed by atoms with van der Waals surface area (Å²) in [5.74, 6) is 2.05. The minimum Gasteiger partial charge on any atom is -0.391 e. The van der Waals surface area contributed by atoms with Gasteiger partial charge in [0, 0.05) is 19.2 Å². The van der Waals surface area contributed by atoms with Gasteiger partial charge in [-0.2, -0.15) is 0 Å². The van der Waals surface area contributed by atoms with Crippen LogP contribution in [0, 0.1) is 5.92 Å². The van der Waals surface area contributed by atoms with Gasteiger partial charge < -0.3 is 15.7 Å². The van der Waals surface area contributed by atoms with Crippen LogP contribution >= 0.6 is 0 Å². The maximum absolute atomic E-state index is 9.77. The second kappa shape index (κ2) is 7.87. The van der Waals surface area contributed by atoms with Gasteiger partial charge in [0.1, 0.15) is 18.0 Å². The fourth-order valence-corrected chi connectivity index (χ4v) is 1.65. The van der Waals surface area contributed by atoms with Crippen LogP contribution in [0.25, 0.3) is 0 Å². The van der Waals surface area contributed by atoms with Crippen LogP contribution in [0.1, 0.15) is 33.6 Å². The number of anilines is 2. The second-order valence-electron chi connectivity index (χ2n) is 4.88. The fourth-order valence-electron chi connectivity index (χ4n) is 1.65. The molecule has 5 nitrogen and oxygen atoms in total. The monoisotopic (exact) mass is 252 g/mol. The molecule has 18 heavy (non-hydrogen) atoms. The summed E-state index contributed by atoms with van der Waals surface area (Å²) < 4.78 is 0. The molecule has 3 N–H and O–H groups in total.